The zero-order valence-corrected chi connectivity index (χ0v) is 12.5. The highest BCUT2D eigenvalue weighted by Crippen LogP contribution is 2.24. The number of halogens is 1. The highest BCUT2D eigenvalue weighted by molar-refractivity contribution is 6.30. The number of fused-ring (bicyclic) bond motifs is 1. The predicted molar refractivity (Wildman–Crippen MR) is 75.3 cm³/mol. The Morgan fingerprint density at radius 3 is 2.56 bits per heavy atom. The van der Waals surface area contributed by atoms with Crippen LogP contribution in [-0.2, 0) is 12.8 Å². The summed E-state index contributed by atoms with van der Waals surface area (Å²) >= 11 is 6.39. The first-order valence-electron chi connectivity index (χ1n) is 6.35. The molecule has 0 fully saturated rings. The first-order chi connectivity index (χ1) is 8.31. The maximum absolute atomic E-state index is 6.39. The topological polar surface area (TPSA) is 30.2 Å². The Morgan fingerprint density at radius 2 is 2.00 bits per heavy atom. The van der Waals surface area contributed by atoms with Crippen LogP contribution in [0, 0.1) is 12.3 Å². The fourth-order valence-electron chi connectivity index (χ4n) is 2.15. The van der Waals surface area contributed by atoms with E-state index in [0.717, 1.165) is 29.9 Å². The van der Waals surface area contributed by atoms with Crippen molar-refractivity contribution in [1.82, 2.24) is 14.6 Å². The first-order valence-corrected chi connectivity index (χ1v) is 6.73. The molecule has 0 aliphatic heterocycles. The molecule has 2 rings (SSSR count). The van der Waals surface area contributed by atoms with Crippen molar-refractivity contribution < 1.29 is 0 Å². The van der Waals surface area contributed by atoms with E-state index >= 15 is 0 Å². The van der Waals surface area contributed by atoms with E-state index in [9.17, 15) is 0 Å². The molecule has 0 aliphatic rings. The van der Waals surface area contributed by atoms with Crippen LogP contribution in [0.3, 0.4) is 0 Å². The Labute approximate surface area is 113 Å². The van der Waals surface area contributed by atoms with Crippen LogP contribution in [0.15, 0.2) is 6.07 Å². The van der Waals surface area contributed by atoms with Gasteiger partial charge in [0.1, 0.15) is 5.15 Å². The molecular formula is C14H20ClN3. The van der Waals surface area contributed by atoms with Gasteiger partial charge in [-0.15, -0.1) is 5.10 Å². The maximum atomic E-state index is 6.39. The van der Waals surface area contributed by atoms with Crippen LogP contribution < -0.4 is 0 Å². The van der Waals surface area contributed by atoms with E-state index in [4.69, 9.17) is 11.6 Å². The van der Waals surface area contributed by atoms with Gasteiger partial charge in [0.05, 0.1) is 0 Å². The van der Waals surface area contributed by atoms with Gasteiger partial charge in [-0.25, -0.2) is 9.50 Å². The summed E-state index contributed by atoms with van der Waals surface area (Å²) in [6, 6.07) is 2.06. The van der Waals surface area contributed by atoms with Crippen molar-refractivity contribution in [2.75, 3.05) is 0 Å². The molecule has 0 unspecified atom stereocenters. The van der Waals surface area contributed by atoms with Crippen LogP contribution in [0.2, 0.25) is 5.15 Å². The van der Waals surface area contributed by atoms with Crippen LogP contribution in [0.5, 0.6) is 0 Å². The second kappa shape index (κ2) is 4.54. The average Bonchev–Trinajstić information content (AvgIpc) is 2.58. The lowest BCUT2D eigenvalue weighted by atomic mass is 9.92. The van der Waals surface area contributed by atoms with E-state index in [1.807, 2.05) is 0 Å². The van der Waals surface area contributed by atoms with Crippen molar-refractivity contribution in [2.24, 2.45) is 5.41 Å². The SMILES string of the molecule is CCc1c(C)cc2nc(CC(C)(C)C)nn2c1Cl. The highest BCUT2D eigenvalue weighted by atomic mass is 35.5. The third-order valence-electron chi connectivity index (χ3n) is 2.97. The number of hydrogen-bond donors (Lipinski definition) is 0. The summed E-state index contributed by atoms with van der Waals surface area (Å²) in [5.74, 6) is 0.858. The molecule has 2 heterocycles. The van der Waals surface area contributed by atoms with Gasteiger partial charge in [0.2, 0.25) is 0 Å². The molecule has 98 valence electrons. The quantitative estimate of drug-likeness (QED) is 0.773. The Morgan fingerprint density at radius 1 is 1.33 bits per heavy atom. The summed E-state index contributed by atoms with van der Waals surface area (Å²) in [7, 11) is 0. The van der Waals surface area contributed by atoms with Crippen LogP contribution in [-0.4, -0.2) is 14.6 Å². The van der Waals surface area contributed by atoms with Gasteiger partial charge in [0, 0.05) is 6.42 Å². The summed E-state index contributed by atoms with van der Waals surface area (Å²) in [5.41, 5.74) is 3.36. The number of pyridine rings is 1. The molecule has 0 aliphatic carbocycles. The fraction of sp³-hybridized carbons (Fsp3) is 0.571. The lowest BCUT2D eigenvalue weighted by Gasteiger charge is -2.14. The molecule has 0 spiro atoms. The average molecular weight is 266 g/mol. The monoisotopic (exact) mass is 265 g/mol. The Kier molecular flexibility index (Phi) is 3.37. The largest absolute Gasteiger partial charge is 0.212 e. The highest BCUT2D eigenvalue weighted by Gasteiger charge is 2.17. The number of hydrogen-bond acceptors (Lipinski definition) is 2. The molecule has 2 aromatic heterocycles. The van der Waals surface area contributed by atoms with Crippen molar-refractivity contribution >= 4 is 17.2 Å². The van der Waals surface area contributed by atoms with Crippen LogP contribution >= 0.6 is 11.6 Å². The van der Waals surface area contributed by atoms with E-state index < -0.39 is 0 Å². The van der Waals surface area contributed by atoms with Crippen LogP contribution in [0.1, 0.15) is 44.6 Å². The standard InChI is InChI=1S/C14H20ClN3/c1-6-10-9(2)7-12-16-11(8-14(3,4)5)17-18(12)13(10)15/h7H,6,8H2,1-5H3. The maximum Gasteiger partial charge on any atom is 0.157 e. The molecule has 4 heteroatoms. The van der Waals surface area contributed by atoms with Crippen molar-refractivity contribution in [1.29, 1.82) is 0 Å². The third kappa shape index (κ3) is 2.51. The minimum absolute atomic E-state index is 0.181. The molecule has 0 aromatic carbocycles. The summed E-state index contributed by atoms with van der Waals surface area (Å²) in [6.45, 7) is 10.7. The summed E-state index contributed by atoms with van der Waals surface area (Å²) in [4.78, 5) is 4.56. The van der Waals surface area contributed by atoms with Gasteiger partial charge in [0.25, 0.3) is 0 Å². The molecule has 0 saturated heterocycles. The van der Waals surface area contributed by atoms with Gasteiger partial charge in [-0.2, -0.15) is 0 Å². The Hall–Kier alpha value is -1.09. The number of aromatic nitrogens is 3. The van der Waals surface area contributed by atoms with Crippen molar-refractivity contribution in [3.8, 4) is 0 Å². The van der Waals surface area contributed by atoms with E-state index in [-0.39, 0.29) is 5.41 Å². The minimum Gasteiger partial charge on any atom is -0.212 e. The summed E-state index contributed by atoms with van der Waals surface area (Å²) < 4.78 is 1.76. The van der Waals surface area contributed by atoms with Gasteiger partial charge in [-0.1, -0.05) is 39.3 Å². The fourth-order valence-corrected chi connectivity index (χ4v) is 2.56. The number of aryl methyl sites for hydroxylation is 1. The van der Waals surface area contributed by atoms with E-state index in [0.29, 0.717) is 5.15 Å². The number of nitrogens with zero attached hydrogens (tertiary/aromatic N) is 3. The molecular weight excluding hydrogens is 246 g/mol. The van der Waals surface area contributed by atoms with E-state index in [1.165, 1.54) is 5.56 Å². The molecule has 0 bridgehead atoms. The molecule has 3 nitrogen and oxygen atoms in total. The lowest BCUT2D eigenvalue weighted by molar-refractivity contribution is 0.401. The molecule has 0 saturated carbocycles. The third-order valence-corrected chi connectivity index (χ3v) is 3.36. The van der Waals surface area contributed by atoms with Crippen molar-refractivity contribution in [3.05, 3.63) is 28.2 Å². The van der Waals surface area contributed by atoms with Gasteiger partial charge < -0.3 is 0 Å². The minimum atomic E-state index is 0.181. The molecule has 0 radical (unpaired) electrons. The van der Waals surface area contributed by atoms with Gasteiger partial charge in [0.15, 0.2) is 11.5 Å². The summed E-state index contributed by atoms with van der Waals surface area (Å²) in [6.07, 6.45) is 1.76. The second-order valence-corrected chi connectivity index (χ2v) is 6.34. The first kappa shape index (κ1) is 13.3. The van der Waals surface area contributed by atoms with Gasteiger partial charge in [-0.3, -0.25) is 0 Å². The normalized spacial score (nSPS) is 12.3. The van der Waals surface area contributed by atoms with Gasteiger partial charge in [-0.05, 0) is 36.0 Å². The Bertz CT molecular complexity index is 579. The molecule has 0 N–H and O–H groups in total. The molecule has 0 amide bonds. The Balaban J connectivity index is 2.55. The zero-order valence-electron chi connectivity index (χ0n) is 11.7. The van der Waals surface area contributed by atoms with E-state index in [1.54, 1.807) is 4.52 Å². The van der Waals surface area contributed by atoms with Gasteiger partial charge >= 0.3 is 0 Å². The van der Waals surface area contributed by atoms with E-state index in [2.05, 4.69) is 50.8 Å². The summed E-state index contributed by atoms with van der Waals surface area (Å²) in [5, 5.41) is 5.22. The van der Waals surface area contributed by atoms with Crippen molar-refractivity contribution in [3.63, 3.8) is 0 Å². The molecule has 18 heavy (non-hydrogen) atoms. The van der Waals surface area contributed by atoms with Crippen LogP contribution in [0.4, 0.5) is 0 Å². The number of rotatable bonds is 2. The molecule has 0 atom stereocenters. The zero-order chi connectivity index (χ0) is 13.5. The predicted octanol–water partition coefficient (Wildman–Crippen LogP) is 3.84. The second-order valence-electron chi connectivity index (χ2n) is 5.99. The van der Waals surface area contributed by atoms with Crippen LogP contribution in [0.25, 0.3) is 5.65 Å². The smallest absolute Gasteiger partial charge is 0.157 e. The lowest BCUT2D eigenvalue weighted by Crippen LogP contribution is -2.10. The van der Waals surface area contributed by atoms with Crippen molar-refractivity contribution in [2.45, 2.75) is 47.5 Å². The molecule has 2 aromatic rings.